The van der Waals surface area contributed by atoms with E-state index in [9.17, 15) is 22.0 Å². The summed E-state index contributed by atoms with van der Waals surface area (Å²) in [5.41, 5.74) is 1.49. The largest absolute Gasteiger partial charge is 0.416 e. The molecule has 0 unspecified atom stereocenters. The van der Waals surface area contributed by atoms with Crippen LogP contribution in [0.5, 0.6) is 0 Å². The zero-order chi connectivity index (χ0) is 20.6. The van der Waals surface area contributed by atoms with E-state index in [0.29, 0.717) is 23.3 Å². The molecule has 1 atom stereocenters. The molecule has 1 aliphatic heterocycles. The lowest BCUT2D eigenvalue weighted by molar-refractivity contribution is -0.137. The van der Waals surface area contributed by atoms with Crippen LogP contribution in [0.25, 0.3) is 0 Å². The number of hydrogen-bond acceptors (Lipinski definition) is 2. The normalized spacial score (nSPS) is 16.8. The molecular weight excluding hydrogens is 387 g/mol. The van der Waals surface area contributed by atoms with Gasteiger partial charge in [0.25, 0.3) is 0 Å². The Morgan fingerprint density at radius 3 is 2.07 bits per heavy atom. The minimum atomic E-state index is -4.48. The van der Waals surface area contributed by atoms with Crippen molar-refractivity contribution in [1.29, 1.82) is 0 Å². The van der Waals surface area contributed by atoms with Gasteiger partial charge in [-0.1, -0.05) is 30.3 Å². The number of hydrazone groups is 1. The van der Waals surface area contributed by atoms with Crippen LogP contribution in [-0.4, -0.2) is 5.71 Å². The average Bonchev–Trinajstić information content (AvgIpc) is 3.14. The first-order valence-electron chi connectivity index (χ1n) is 8.86. The van der Waals surface area contributed by atoms with Gasteiger partial charge in [-0.2, -0.15) is 18.3 Å². The SMILES string of the molecule is Fc1ccc(C2=NN(c3cccc(C(F)(F)F)c3)[C@@H](c3ccc(F)cc3)C2)cc1. The average molecular weight is 402 g/mol. The number of halogens is 5. The van der Waals surface area contributed by atoms with Crippen LogP contribution in [0.1, 0.15) is 29.2 Å². The van der Waals surface area contributed by atoms with E-state index in [1.165, 1.54) is 35.3 Å². The van der Waals surface area contributed by atoms with E-state index in [4.69, 9.17) is 0 Å². The number of nitrogens with zero attached hydrogens (tertiary/aromatic N) is 2. The molecule has 1 heterocycles. The number of benzene rings is 3. The molecule has 148 valence electrons. The monoisotopic (exact) mass is 402 g/mol. The van der Waals surface area contributed by atoms with Gasteiger partial charge in [0, 0.05) is 6.42 Å². The molecular formula is C22H15F5N2. The molecule has 0 aliphatic carbocycles. The fraction of sp³-hybridized carbons (Fsp3) is 0.136. The van der Waals surface area contributed by atoms with Crippen molar-refractivity contribution in [2.24, 2.45) is 5.10 Å². The van der Waals surface area contributed by atoms with Gasteiger partial charge in [-0.3, -0.25) is 5.01 Å². The molecule has 4 rings (SSSR count). The van der Waals surface area contributed by atoms with E-state index in [1.807, 2.05) is 0 Å². The second-order valence-electron chi connectivity index (χ2n) is 6.72. The van der Waals surface area contributed by atoms with E-state index in [2.05, 4.69) is 5.10 Å². The number of rotatable bonds is 3. The third kappa shape index (κ3) is 3.99. The summed E-state index contributed by atoms with van der Waals surface area (Å²) in [6, 6.07) is 16.0. The molecule has 1 aliphatic rings. The molecule has 7 heteroatoms. The summed E-state index contributed by atoms with van der Waals surface area (Å²) in [7, 11) is 0. The molecule has 0 bridgehead atoms. The van der Waals surface area contributed by atoms with Crippen LogP contribution in [0.2, 0.25) is 0 Å². The maximum atomic E-state index is 13.4. The molecule has 0 aromatic heterocycles. The Labute approximate surface area is 163 Å². The zero-order valence-electron chi connectivity index (χ0n) is 15.0. The fourth-order valence-corrected chi connectivity index (χ4v) is 3.33. The Morgan fingerprint density at radius 1 is 0.828 bits per heavy atom. The van der Waals surface area contributed by atoms with Gasteiger partial charge in [0.15, 0.2) is 0 Å². The van der Waals surface area contributed by atoms with Crippen LogP contribution in [0, 0.1) is 11.6 Å². The van der Waals surface area contributed by atoms with Crippen molar-refractivity contribution in [2.45, 2.75) is 18.6 Å². The Bertz CT molecular complexity index is 1040. The zero-order valence-corrected chi connectivity index (χ0v) is 15.0. The summed E-state index contributed by atoms with van der Waals surface area (Å²) in [4.78, 5) is 0. The van der Waals surface area contributed by atoms with Gasteiger partial charge in [0.2, 0.25) is 0 Å². The first-order chi connectivity index (χ1) is 13.8. The van der Waals surface area contributed by atoms with Crippen molar-refractivity contribution in [3.05, 3.63) is 101 Å². The van der Waals surface area contributed by atoms with Gasteiger partial charge in [-0.25, -0.2) is 8.78 Å². The number of anilines is 1. The molecule has 2 nitrogen and oxygen atoms in total. The van der Waals surface area contributed by atoms with Crippen molar-refractivity contribution in [3.8, 4) is 0 Å². The summed E-state index contributed by atoms with van der Waals surface area (Å²) in [6.45, 7) is 0. The van der Waals surface area contributed by atoms with Crippen LogP contribution in [0.3, 0.4) is 0 Å². The molecule has 3 aromatic rings. The van der Waals surface area contributed by atoms with E-state index < -0.39 is 29.4 Å². The first kappa shape index (κ1) is 19.1. The highest BCUT2D eigenvalue weighted by Gasteiger charge is 2.34. The summed E-state index contributed by atoms with van der Waals surface area (Å²) in [5, 5.41) is 6.03. The minimum Gasteiger partial charge on any atom is -0.257 e. The van der Waals surface area contributed by atoms with Crippen molar-refractivity contribution in [3.63, 3.8) is 0 Å². The Morgan fingerprint density at radius 2 is 1.45 bits per heavy atom. The van der Waals surface area contributed by atoms with Gasteiger partial charge in [-0.15, -0.1) is 0 Å². The molecule has 0 saturated carbocycles. The third-order valence-electron chi connectivity index (χ3n) is 4.78. The van der Waals surface area contributed by atoms with Crippen molar-refractivity contribution in [2.75, 3.05) is 5.01 Å². The van der Waals surface area contributed by atoms with Crippen LogP contribution in [-0.2, 0) is 6.18 Å². The summed E-state index contributed by atoms with van der Waals surface area (Å²) < 4.78 is 66.1. The highest BCUT2D eigenvalue weighted by atomic mass is 19.4. The predicted octanol–water partition coefficient (Wildman–Crippen LogP) is 6.34. The number of alkyl halides is 3. The molecule has 3 aromatic carbocycles. The summed E-state index contributed by atoms with van der Waals surface area (Å²) >= 11 is 0. The standard InChI is InChI=1S/C22H15F5N2/c23-17-8-4-14(5-9-17)20-13-21(15-6-10-18(24)11-7-15)29(28-20)19-3-1-2-16(12-19)22(25,26)27/h1-12,21H,13H2/t21-/m1/s1. The highest BCUT2D eigenvalue weighted by Crippen LogP contribution is 2.39. The van der Waals surface area contributed by atoms with E-state index >= 15 is 0 Å². The molecule has 0 N–H and O–H groups in total. The molecule has 0 fully saturated rings. The van der Waals surface area contributed by atoms with Gasteiger partial charge < -0.3 is 0 Å². The second kappa shape index (κ2) is 7.31. The molecule has 0 amide bonds. The Kier molecular flexibility index (Phi) is 4.82. The Hall–Kier alpha value is -3.22. The van der Waals surface area contributed by atoms with Gasteiger partial charge in [0.05, 0.1) is 23.0 Å². The van der Waals surface area contributed by atoms with Gasteiger partial charge in [-0.05, 0) is 53.6 Å². The van der Waals surface area contributed by atoms with E-state index in [0.717, 1.165) is 12.1 Å². The summed E-state index contributed by atoms with van der Waals surface area (Å²) in [6.07, 6.45) is -4.10. The van der Waals surface area contributed by atoms with Gasteiger partial charge in [0.1, 0.15) is 11.6 Å². The highest BCUT2D eigenvalue weighted by molar-refractivity contribution is 6.03. The Balaban J connectivity index is 1.77. The lowest BCUT2D eigenvalue weighted by Gasteiger charge is -2.24. The third-order valence-corrected chi connectivity index (χ3v) is 4.78. The summed E-state index contributed by atoms with van der Waals surface area (Å²) in [5.74, 6) is -0.797. The van der Waals surface area contributed by atoms with Crippen LogP contribution >= 0.6 is 0 Å². The second-order valence-corrected chi connectivity index (χ2v) is 6.72. The molecule has 0 radical (unpaired) electrons. The lowest BCUT2D eigenvalue weighted by Crippen LogP contribution is -2.19. The topological polar surface area (TPSA) is 15.6 Å². The van der Waals surface area contributed by atoms with Crippen LogP contribution in [0.4, 0.5) is 27.6 Å². The number of hydrogen-bond donors (Lipinski definition) is 0. The van der Waals surface area contributed by atoms with E-state index in [1.54, 1.807) is 30.3 Å². The molecule has 0 spiro atoms. The van der Waals surface area contributed by atoms with Gasteiger partial charge >= 0.3 is 6.18 Å². The fourth-order valence-electron chi connectivity index (χ4n) is 3.33. The smallest absolute Gasteiger partial charge is 0.257 e. The maximum Gasteiger partial charge on any atom is 0.416 e. The quantitative estimate of drug-likeness (QED) is 0.467. The van der Waals surface area contributed by atoms with Crippen LogP contribution in [0.15, 0.2) is 77.9 Å². The molecule has 29 heavy (non-hydrogen) atoms. The predicted molar refractivity (Wildman–Crippen MR) is 101 cm³/mol. The van der Waals surface area contributed by atoms with Crippen LogP contribution < -0.4 is 5.01 Å². The first-order valence-corrected chi connectivity index (χ1v) is 8.86. The maximum absolute atomic E-state index is 13.4. The minimum absolute atomic E-state index is 0.270. The van der Waals surface area contributed by atoms with Crippen molar-refractivity contribution in [1.82, 2.24) is 0 Å². The lowest BCUT2D eigenvalue weighted by atomic mass is 9.98. The van der Waals surface area contributed by atoms with E-state index in [-0.39, 0.29) is 5.69 Å². The molecule has 0 saturated heterocycles. The van der Waals surface area contributed by atoms with Crippen molar-refractivity contribution < 1.29 is 22.0 Å². The van der Waals surface area contributed by atoms with Crippen molar-refractivity contribution >= 4 is 11.4 Å².